The second-order valence-electron chi connectivity index (χ2n) is 5.76. The molecule has 3 aromatic heterocycles. The Balaban J connectivity index is 1.88. The Kier molecular flexibility index (Phi) is 4.63. The lowest BCUT2D eigenvalue weighted by Crippen LogP contribution is -2.09. The Hall–Kier alpha value is -3.52. The first-order chi connectivity index (χ1) is 13.3. The van der Waals surface area contributed by atoms with Crippen molar-refractivity contribution in [2.24, 2.45) is 0 Å². The highest BCUT2D eigenvalue weighted by Crippen LogP contribution is 2.26. The van der Waals surface area contributed by atoms with E-state index in [4.69, 9.17) is 9.72 Å². The van der Waals surface area contributed by atoms with Gasteiger partial charge < -0.3 is 15.2 Å². The van der Waals surface area contributed by atoms with E-state index >= 15 is 0 Å². The number of aromatic nitrogens is 5. The standard InChI is InChI=1S/C19H18N6O2/c1-27-15-8-7-13(11-21-15)17-23-18(20-9-10-26)16-19(24-17)25(12-22-16)14-5-3-2-4-6-14/h2-8,11-12,26H,9-10H2,1H3,(H,20,23,24). The first-order valence-electron chi connectivity index (χ1n) is 8.46. The van der Waals surface area contributed by atoms with Crippen LogP contribution in [0, 0.1) is 0 Å². The van der Waals surface area contributed by atoms with E-state index in [-0.39, 0.29) is 6.61 Å². The number of ether oxygens (including phenoxy) is 1. The Morgan fingerprint density at radius 3 is 2.63 bits per heavy atom. The summed E-state index contributed by atoms with van der Waals surface area (Å²) in [6.45, 7) is 0.356. The number of para-hydroxylation sites is 1. The lowest BCUT2D eigenvalue weighted by Gasteiger charge is -2.09. The van der Waals surface area contributed by atoms with Crippen LogP contribution in [0.5, 0.6) is 5.88 Å². The molecule has 136 valence electrons. The van der Waals surface area contributed by atoms with Gasteiger partial charge in [-0.1, -0.05) is 18.2 Å². The second-order valence-corrected chi connectivity index (χ2v) is 5.76. The largest absolute Gasteiger partial charge is 0.481 e. The van der Waals surface area contributed by atoms with E-state index in [1.807, 2.05) is 41.0 Å². The molecule has 4 rings (SSSR count). The van der Waals surface area contributed by atoms with Crippen LogP contribution in [0.15, 0.2) is 55.0 Å². The second kappa shape index (κ2) is 7.38. The fourth-order valence-corrected chi connectivity index (χ4v) is 2.74. The first kappa shape index (κ1) is 16.9. The number of pyridine rings is 1. The van der Waals surface area contributed by atoms with E-state index in [0.717, 1.165) is 11.3 Å². The fraction of sp³-hybridized carbons (Fsp3) is 0.158. The van der Waals surface area contributed by atoms with Crippen LogP contribution in [0.1, 0.15) is 0 Å². The maximum Gasteiger partial charge on any atom is 0.212 e. The van der Waals surface area contributed by atoms with E-state index in [2.05, 4.69) is 20.3 Å². The summed E-state index contributed by atoms with van der Waals surface area (Å²) in [4.78, 5) is 18.0. The summed E-state index contributed by atoms with van der Waals surface area (Å²) in [5.41, 5.74) is 3.01. The number of methoxy groups -OCH3 is 1. The highest BCUT2D eigenvalue weighted by molar-refractivity contribution is 5.86. The molecule has 2 N–H and O–H groups in total. The zero-order valence-electron chi connectivity index (χ0n) is 14.7. The third-order valence-corrected chi connectivity index (χ3v) is 4.04. The molecule has 8 heteroatoms. The lowest BCUT2D eigenvalue weighted by atomic mass is 10.2. The molecule has 0 bridgehead atoms. The molecule has 0 saturated heterocycles. The Morgan fingerprint density at radius 2 is 1.93 bits per heavy atom. The number of fused-ring (bicyclic) bond motifs is 1. The molecule has 3 heterocycles. The highest BCUT2D eigenvalue weighted by atomic mass is 16.5. The molecule has 0 aliphatic rings. The first-order valence-corrected chi connectivity index (χ1v) is 8.46. The molecule has 4 aromatic rings. The van der Waals surface area contributed by atoms with Crippen molar-refractivity contribution in [2.45, 2.75) is 0 Å². The van der Waals surface area contributed by atoms with E-state index in [1.54, 1.807) is 25.7 Å². The van der Waals surface area contributed by atoms with Crippen LogP contribution in [-0.2, 0) is 0 Å². The summed E-state index contributed by atoms with van der Waals surface area (Å²) in [6.07, 6.45) is 3.38. The molecular formula is C19H18N6O2. The molecule has 0 atom stereocenters. The highest BCUT2D eigenvalue weighted by Gasteiger charge is 2.15. The van der Waals surface area contributed by atoms with Gasteiger partial charge >= 0.3 is 0 Å². The molecule has 8 nitrogen and oxygen atoms in total. The topological polar surface area (TPSA) is 98.0 Å². The molecule has 1 aromatic carbocycles. The molecular weight excluding hydrogens is 344 g/mol. The zero-order valence-corrected chi connectivity index (χ0v) is 14.7. The van der Waals surface area contributed by atoms with Gasteiger partial charge in [0.1, 0.15) is 6.33 Å². The lowest BCUT2D eigenvalue weighted by molar-refractivity contribution is 0.311. The summed E-state index contributed by atoms with van der Waals surface area (Å²) in [7, 11) is 1.57. The number of imidazole rings is 1. The van der Waals surface area contributed by atoms with Crippen molar-refractivity contribution in [1.29, 1.82) is 0 Å². The molecule has 0 spiro atoms. The molecule has 0 saturated carbocycles. The van der Waals surface area contributed by atoms with Gasteiger partial charge in [0.15, 0.2) is 22.8 Å². The fourth-order valence-electron chi connectivity index (χ4n) is 2.74. The van der Waals surface area contributed by atoms with E-state index in [0.29, 0.717) is 35.2 Å². The van der Waals surface area contributed by atoms with Gasteiger partial charge in [-0.2, -0.15) is 0 Å². The third kappa shape index (κ3) is 3.30. The SMILES string of the molecule is COc1ccc(-c2nc(NCCO)c3ncn(-c4ccccc4)c3n2)cn1. The smallest absolute Gasteiger partial charge is 0.212 e. The van der Waals surface area contributed by atoms with Gasteiger partial charge in [0.2, 0.25) is 5.88 Å². The van der Waals surface area contributed by atoms with Gasteiger partial charge in [-0.15, -0.1) is 0 Å². The van der Waals surface area contributed by atoms with Crippen LogP contribution in [0.3, 0.4) is 0 Å². The predicted octanol–water partition coefficient (Wildman–Crippen LogP) is 2.29. The minimum Gasteiger partial charge on any atom is -0.481 e. The predicted molar refractivity (Wildman–Crippen MR) is 102 cm³/mol. The van der Waals surface area contributed by atoms with Gasteiger partial charge in [0, 0.05) is 30.1 Å². The number of benzene rings is 1. The van der Waals surface area contributed by atoms with Gasteiger partial charge in [-0.05, 0) is 18.2 Å². The molecule has 0 fully saturated rings. The summed E-state index contributed by atoms with van der Waals surface area (Å²) < 4.78 is 7.01. The van der Waals surface area contributed by atoms with Crippen LogP contribution < -0.4 is 10.1 Å². The van der Waals surface area contributed by atoms with Crippen molar-refractivity contribution in [1.82, 2.24) is 24.5 Å². The monoisotopic (exact) mass is 362 g/mol. The number of aliphatic hydroxyl groups is 1. The van der Waals surface area contributed by atoms with E-state index in [1.165, 1.54) is 0 Å². The van der Waals surface area contributed by atoms with Crippen molar-refractivity contribution in [3.05, 3.63) is 55.0 Å². The van der Waals surface area contributed by atoms with Crippen LogP contribution >= 0.6 is 0 Å². The quantitative estimate of drug-likeness (QED) is 0.543. The summed E-state index contributed by atoms with van der Waals surface area (Å²) >= 11 is 0. The van der Waals surface area contributed by atoms with E-state index in [9.17, 15) is 5.11 Å². The van der Waals surface area contributed by atoms with Crippen LogP contribution in [-0.4, -0.2) is 49.9 Å². The molecule has 0 aliphatic carbocycles. The normalized spacial score (nSPS) is 10.9. The van der Waals surface area contributed by atoms with Gasteiger partial charge in [-0.25, -0.2) is 19.9 Å². The molecule has 0 unspecified atom stereocenters. The van der Waals surface area contributed by atoms with Crippen molar-refractivity contribution in [2.75, 3.05) is 25.6 Å². The van der Waals surface area contributed by atoms with Gasteiger partial charge in [0.05, 0.1) is 13.7 Å². The van der Waals surface area contributed by atoms with Gasteiger partial charge in [0.25, 0.3) is 0 Å². The summed E-state index contributed by atoms with van der Waals surface area (Å²) in [5, 5.41) is 12.3. The van der Waals surface area contributed by atoms with Crippen LogP contribution in [0.25, 0.3) is 28.2 Å². The Labute approximate surface area is 155 Å². The van der Waals surface area contributed by atoms with Crippen molar-refractivity contribution in [3.63, 3.8) is 0 Å². The number of rotatable bonds is 6. The third-order valence-electron chi connectivity index (χ3n) is 4.04. The van der Waals surface area contributed by atoms with Crippen molar-refractivity contribution < 1.29 is 9.84 Å². The van der Waals surface area contributed by atoms with Gasteiger partial charge in [-0.3, -0.25) is 4.57 Å². The number of hydrogen-bond donors (Lipinski definition) is 2. The van der Waals surface area contributed by atoms with E-state index < -0.39 is 0 Å². The average molecular weight is 362 g/mol. The number of nitrogens with zero attached hydrogens (tertiary/aromatic N) is 5. The Morgan fingerprint density at radius 1 is 1.07 bits per heavy atom. The maximum atomic E-state index is 9.17. The number of anilines is 1. The maximum absolute atomic E-state index is 9.17. The Bertz CT molecular complexity index is 1050. The van der Waals surface area contributed by atoms with Crippen LogP contribution in [0.4, 0.5) is 5.82 Å². The molecule has 0 radical (unpaired) electrons. The average Bonchev–Trinajstić information content (AvgIpc) is 3.17. The van der Waals surface area contributed by atoms with Crippen molar-refractivity contribution >= 4 is 17.0 Å². The zero-order chi connectivity index (χ0) is 18.6. The summed E-state index contributed by atoms with van der Waals surface area (Å²) in [6, 6.07) is 13.5. The number of hydrogen-bond acceptors (Lipinski definition) is 7. The van der Waals surface area contributed by atoms with Crippen LogP contribution in [0.2, 0.25) is 0 Å². The molecule has 27 heavy (non-hydrogen) atoms. The minimum absolute atomic E-state index is 0.00961. The van der Waals surface area contributed by atoms with Crippen molar-refractivity contribution in [3.8, 4) is 23.0 Å². The molecule has 0 aliphatic heterocycles. The number of nitrogens with one attached hydrogen (secondary N) is 1. The summed E-state index contributed by atoms with van der Waals surface area (Å²) in [5.74, 6) is 1.60. The minimum atomic E-state index is -0.00961. The molecule has 0 amide bonds. The number of aliphatic hydroxyl groups excluding tert-OH is 1.